The molecule has 2 heteroatoms. The Hall–Kier alpha value is -1.05. The molecular formula is C21H34O2. The van der Waals surface area contributed by atoms with Gasteiger partial charge in [-0.05, 0) is 63.2 Å². The zero-order chi connectivity index (χ0) is 16.5. The number of carbonyl (C=O) groups excluding carboxylic acids is 1. The first-order chi connectivity index (χ1) is 11.2. The Labute approximate surface area is 142 Å². The van der Waals surface area contributed by atoms with Gasteiger partial charge in [0.1, 0.15) is 6.10 Å². The van der Waals surface area contributed by atoms with Gasteiger partial charge in [0.15, 0.2) is 0 Å². The molecule has 0 unspecified atom stereocenters. The van der Waals surface area contributed by atoms with Crippen LogP contribution in [-0.2, 0) is 9.53 Å². The lowest BCUT2D eigenvalue weighted by atomic mass is 9.70. The van der Waals surface area contributed by atoms with E-state index in [1.807, 2.05) is 19.1 Å². The van der Waals surface area contributed by atoms with E-state index in [-0.39, 0.29) is 12.1 Å². The highest BCUT2D eigenvalue weighted by molar-refractivity contribution is 5.82. The molecule has 2 aliphatic carbocycles. The minimum Gasteiger partial charge on any atom is -0.459 e. The van der Waals surface area contributed by atoms with Gasteiger partial charge in [-0.15, -0.1) is 0 Å². The Morgan fingerprint density at radius 1 is 0.957 bits per heavy atom. The molecule has 0 spiro atoms. The van der Waals surface area contributed by atoms with E-state index in [9.17, 15) is 4.79 Å². The molecule has 0 atom stereocenters. The Bertz CT molecular complexity index is 394. The highest BCUT2D eigenvalue weighted by Crippen LogP contribution is 2.41. The normalized spacial score (nSPS) is 32.4. The molecule has 0 aliphatic heterocycles. The van der Waals surface area contributed by atoms with Crippen LogP contribution in [0.1, 0.15) is 78.1 Å². The van der Waals surface area contributed by atoms with E-state index in [2.05, 4.69) is 6.92 Å². The van der Waals surface area contributed by atoms with Gasteiger partial charge in [0.2, 0.25) is 0 Å². The molecule has 0 heterocycles. The summed E-state index contributed by atoms with van der Waals surface area (Å²) < 4.78 is 5.56. The molecule has 0 amide bonds. The minimum absolute atomic E-state index is 0.144. The maximum atomic E-state index is 11.7. The third-order valence-electron chi connectivity index (χ3n) is 5.79. The zero-order valence-corrected chi connectivity index (χ0v) is 15.0. The summed E-state index contributed by atoms with van der Waals surface area (Å²) in [6.45, 7) is 4.25. The summed E-state index contributed by atoms with van der Waals surface area (Å²) in [7, 11) is 0. The Morgan fingerprint density at radius 2 is 1.57 bits per heavy atom. The lowest BCUT2D eigenvalue weighted by Gasteiger charge is -2.37. The monoisotopic (exact) mass is 318 g/mol. The van der Waals surface area contributed by atoms with Crippen LogP contribution in [0.15, 0.2) is 24.3 Å². The van der Waals surface area contributed by atoms with Crippen LogP contribution in [0.4, 0.5) is 0 Å². The lowest BCUT2D eigenvalue weighted by molar-refractivity contribution is -0.145. The molecule has 0 bridgehead atoms. The first-order valence-corrected chi connectivity index (χ1v) is 9.72. The van der Waals surface area contributed by atoms with Crippen LogP contribution in [0.3, 0.4) is 0 Å². The van der Waals surface area contributed by atoms with Crippen LogP contribution in [0.25, 0.3) is 0 Å². The topological polar surface area (TPSA) is 26.3 Å². The predicted octanol–water partition coefficient (Wildman–Crippen LogP) is 5.83. The molecule has 130 valence electrons. The maximum absolute atomic E-state index is 11.7. The summed E-state index contributed by atoms with van der Waals surface area (Å²) in [5, 5.41) is 0. The van der Waals surface area contributed by atoms with Crippen molar-refractivity contribution in [1.82, 2.24) is 0 Å². The highest BCUT2D eigenvalue weighted by Gasteiger charge is 2.31. The maximum Gasteiger partial charge on any atom is 0.331 e. The standard InChI is InChI=1S/C21H34O2/c1-3-5-6-8-21(22)23-20-15-13-19(14-16-20)18-11-9-17(7-4-2)10-12-18/h3,5-6,8,17-20H,4,7,9-16H2,1-2H3. The third-order valence-corrected chi connectivity index (χ3v) is 5.79. The zero-order valence-electron chi connectivity index (χ0n) is 15.0. The van der Waals surface area contributed by atoms with E-state index in [1.165, 1.54) is 57.4 Å². The summed E-state index contributed by atoms with van der Waals surface area (Å²) in [6, 6.07) is 0. The van der Waals surface area contributed by atoms with Gasteiger partial charge in [0, 0.05) is 6.08 Å². The van der Waals surface area contributed by atoms with Crippen molar-refractivity contribution >= 4 is 5.97 Å². The first-order valence-electron chi connectivity index (χ1n) is 9.72. The molecule has 2 fully saturated rings. The van der Waals surface area contributed by atoms with Crippen molar-refractivity contribution in [2.45, 2.75) is 84.2 Å². The van der Waals surface area contributed by atoms with Crippen molar-refractivity contribution in [2.24, 2.45) is 17.8 Å². The molecule has 0 N–H and O–H groups in total. The summed E-state index contributed by atoms with van der Waals surface area (Å²) >= 11 is 0. The van der Waals surface area contributed by atoms with Gasteiger partial charge in [-0.1, -0.05) is 50.8 Å². The van der Waals surface area contributed by atoms with Crippen LogP contribution >= 0.6 is 0 Å². The second kappa shape index (κ2) is 9.95. The SMILES string of the molecule is CC=CC=CC(=O)OC1CCC(C2CCC(CCC)CC2)CC1. The Kier molecular flexibility index (Phi) is 7.91. The van der Waals surface area contributed by atoms with Crippen molar-refractivity contribution in [2.75, 3.05) is 0 Å². The molecule has 0 radical (unpaired) electrons. The summed E-state index contributed by atoms with van der Waals surface area (Å²) in [6.07, 6.45) is 20.3. The molecule has 2 rings (SSSR count). The molecule has 2 saturated carbocycles. The number of hydrogen-bond acceptors (Lipinski definition) is 2. The van der Waals surface area contributed by atoms with Gasteiger partial charge in [-0.3, -0.25) is 0 Å². The summed E-state index contributed by atoms with van der Waals surface area (Å²) in [5.41, 5.74) is 0. The molecule has 2 nitrogen and oxygen atoms in total. The van der Waals surface area contributed by atoms with Gasteiger partial charge in [-0.25, -0.2) is 4.79 Å². The lowest BCUT2D eigenvalue weighted by Crippen LogP contribution is -2.29. The highest BCUT2D eigenvalue weighted by atomic mass is 16.5. The van der Waals surface area contributed by atoms with E-state index in [1.54, 1.807) is 6.08 Å². The quantitative estimate of drug-likeness (QED) is 0.350. The number of rotatable bonds is 6. The van der Waals surface area contributed by atoms with Crippen molar-refractivity contribution < 1.29 is 9.53 Å². The van der Waals surface area contributed by atoms with Crippen LogP contribution < -0.4 is 0 Å². The molecule has 0 aromatic rings. The van der Waals surface area contributed by atoms with Gasteiger partial charge in [0.25, 0.3) is 0 Å². The van der Waals surface area contributed by atoms with Crippen LogP contribution in [-0.4, -0.2) is 12.1 Å². The van der Waals surface area contributed by atoms with E-state index in [0.717, 1.165) is 30.6 Å². The number of allylic oxidation sites excluding steroid dienone is 3. The predicted molar refractivity (Wildman–Crippen MR) is 96.1 cm³/mol. The number of carbonyl (C=O) groups is 1. The fraction of sp³-hybridized carbons (Fsp3) is 0.762. The van der Waals surface area contributed by atoms with E-state index < -0.39 is 0 Å². The fourth-order valence-corrected chi connectivity index (χ4v) is 4.48. The van der Waals surface area contributed by atoms with Crippen molar-refractivity contribution in [3.8, 4) is 0 Å². The van der Waals surface area contributed by atoms with Gasteiger partial charge in [-0.2, -0.15) is 0 Å². The van der Waals surface area contributed by atoms with Crippen molar-refractivity contribution in [1.29, 1.82) is 0 Å². The fourth-order valence-electron chi connectivity index (χ4n) is 4.48. The largest absolute Gasteiger partial charge is 0.459 e. The van der Waals surface area contributed by atoms with E-state index in [4.69, 9.17) is 4.74 Å². The van der Waals surface area contributed by atoms with Crippen molar-refractivity contribution in [3.63, 3.8) is 0 Å². The summed E-state index contributed by atoms with van der Waals surface area (Å²) in [5.74, 6) is 2.63. The molecular weight excluding hydrogens is 284 g/mol. The Balaban J connectivity index is 1.67. The van der Waals surface area contributed by atoms with Gasteiger partial charge < -0.3 is 4.74 Å². The summed E-state index contributed by atoms with van der Waals surface area (Å²) in [4.78, 5) is 11.7. The molecule has 0 aromatic carbocycles. The van der Waals surface area contributed by atoms with Gasteiger partial charge in [0.05, 0.1) is 0 Å². The molecule has 23 heavy (non-hydrogen) atoms. The number of hydrogen-bond donors (Lipinski definition) is 0. The van der Waals surface area contributed by atoms with E-state index >= 15 is 0 Å². The van der Waals surface area contributed by atoms with Crippen molar-refractivity contribution in [3.05, 3.63) is 24.3 Å². The van der Waals surface area contributed by atoms with Crippen LogP contribution in [0.2, 0.25) is 0 Å². The molecule has 0 aromatic heterocycles. The van der Waals surface area contributed by atoms with Crippen LogP contribution in [0.5, 0.6) is 0 Å². The average molecular weight is 319 g/mol. The average Bonchev–Trinajstić information content (AvgIpc) is 2.57. The number of ether oxygens (including phenoxy) is 1. The van der Waals surface area contributed by atoms with Crippen LogP contribution in [0, 0.1) is 17.8 Å². The second-order valence-corrected chi connectivity index (χ2v) is 7.43. The minimum atomic E-state index is -0.188. The Morgan fingerprint density at radius 3 is 2.13 bits per heavy atom. The molecule has 0 saturated heterocycles. The first kappa shape index (κ1) is 18.3. The molecule has 2 aliphatic rings. The second-order valence-electron chi connectivity index (χ2n) is 7.43. The third kappa shape index (κ3) is 6.16. The van der Waals surface area contributed by atoms with Gasteiger partial charge >= 0.3 is 5.97 Å². The smallest absolute Gasteiger partial charge is 0.331 e. The number of esters is 1. The van der Waals surface area contributed by atoms with E-state index in [0.29, 0.717) is 0 Å².